The van der Waals surface area contributed by atoms with E-state index in [-0.39, 0.29) is 18.1 Å². The maximum atomic E-state index is 12.2. The fourth-order valence-corrected chi connectivity index (χ4v) is 2.23. The van der Waals surface area contributed by atoms with E-state index in [2.05, 4.69) is 5.32 Å². The number of aryl methyl sites for hydroxylation is 1. The van der Waals surface area contributed by atoms with Gasteiger partial charge in [-0.1, -0.05) is 17.7 Å². The van der Waals surface area contributed by atoms with Crippen LogP contribution in [0.1, 0.15) is 21.9 Å². The minimum Gasteiger partial charge on any atom is -0.486 e. The Bertz CT molecular complexity index is 914. The molecular formula is C19H16N2O5. The lowest BCUT2D eigenvalue weighted by atomic mass is 10.2. The van der Waals surface area contributed by atoms with Gasteiger partial charge in [0.05, 0.1) is 4.92 Å². The van der Waals surface area contributed by atoms with Crippen LogP contribution in [0.5, 0.6) is 5.75 Å². The van der Waals surface area contributed by atoms with E-state index in [9.17, 15) is 14.9 Å². The van der Waals surface area contributed by atoms with Gasteiger partial charge in [-0.3, -0.25) is 14.9 Å². The summed E-state index contributed by atoms with van der Waals surface area (Å²) in [5.74, 6) is 0.912. The van der Waals surface area contributed by atoms with Crippen molar-refractivity contribution in [1.29, 1.82) is 0 Å². The number of nitrogens with one attached hydrogen (secondary N) is 1. The van der Waals surface area contributed by atoms with E-state index in [4.69, 9.17) is 9.15 Å². The van der Waals surface area contributed by atoms with Gasteiger partial charge in [0.1, 0.15) is 18.1 Å². The highest BCUT2D eigenvalue weighted by atomic mass is 16.6. The van der Waals surface area contributed by atoms with Gasteiger partial charge in [-0.05, 0) is 43.3 Å². The summed E-state index contributed by atoms with van der Waals surface area (Å²) in [7, 11) is 0. The summed E-state index contributed by atoms with van der Waals surface area (Å²) in [6.07, 6.45) is 0. The van der Waals surface area contributed by atoms with Crippen LogP contribution in [-0.4, -0.2) is 10.8 Å². The van der Waals surface area contributed by atoms with Crippen molar-refractivity contribution in [2.24, 2.45) is 0 Å². The van der Waals surface area contributed by atoms with E-state index in [1.807, 2.05) is 31.2 Å². The van der Waals surface area contributed by atoms with E-state index in [0.717, 1.165) is 5.56 Å². The highest BCUT2D eigenvalue weighted by Crippen LogP contribution is 2.18. The highest BCUT2D eigenvalue weighted by molar-refractivity contribution is 6.02. The van der Waals surface area contributed by atoms with Crippen molar-refractivity contribution in [1.82, 2.24) is 0 Å². The molecule has 0 saturated carbocycles. The van der Waals surface area contributed by atoms with Crippen LogP contribution in [0, 0.1) is 17.0 Å². The molecule has 3 aromatic rings. The van der Waals surface area contributed by atoms with Crippen LogP contribution in [0.25, 0.3) is 0 Å². The van der Waals surface area contributed by atoms with Crippen molar-refractivity contribution >= 4 is 17.3 Å². The van der Waals surface area contributed by atoms with E-state index < -0.39 is 10.8 Å². The summed E-state index contributed by atoms with van der Waals surface area (Å²) in [4.78, 5) is 22.3. The van der Waals surface area contributed by atoms with Crippen molar-refractivity contribution in [2.45, 2.75) is 13.5 Å². The van der Waals surface area contributed by atoms with Gasteiger partial charge in [-0.15, -0.1) is 0 Å². The molecule has 0 fully saturated rings. The lowest BCUT2D eigenvalue weighted by Gasteiger charge is -2.05. The summed E-state index contributed by atoms with van der Waals surface area (Å²) in [5.41, 5.74) is 1.53. The molecule has 0 saturated heterocycles. The zero-order valence-corrected chi connectivity index (χ0v) is 14.0. The van der Waals surface area contributed by atoms with Crippen LogP contribution in [-0.2, 0) is 6.61 Å². The first kappa shape index (κ1) is 17.2. The molecule has 0 atom stereocenters. The highest BCUT2D eigenvalue weighted by Gasteiger charge is 2.13. The molecule has 1 N–H and O–H groups in total. The summed E-state index contributed by atoms with van der Waals surface area (Å²) in [6.45, 7) is 2.19. The SMILES string of the molecule is Cc1ccc(OCc2ccc(C(=O)Nc3ccc([N+](=O)[O-])cc3)o2)cc1. The Morgan fingerprint density at radius 3 is 2.42 bits per heavy atom. The second-order valence-corrected chi connectivity index (χ2v) is 5.63. The summed E-state index contributed by atoms with van der Waals surface area (Å²) in [6, 6.07) is 16.4. The number of nitrogens with zero attached hydrogens (tertiary/aromatic N) is 1. The van der Waals surface area contributed by atoms with Crippen LogP contribution in [0.15, 0.2) is 65.1 Å². The van der Waals surface area contributed by atoms with Crippen LogP contribution >= 0.6 is 0 Å². The van der Waals surface area contributed by atoms with Crippen molar-refractivity contribution in [3.8, 4) is 5.75 Å². The zero-order valence-electron chi connectivity index (χ0n) is 14.0. The molecule has 0 aliphatic carbocycles. The number of nitro groups is 1. The van der Waals surface area contributed by atoms with Gasteiger partial charge >= 0.3 is 0 Å². The average Bonchev–Trinajstić information content (AvgIpc) is 3.11. The number of non-ortho nitro benzene ring substituents is 1. The normalized spacial score (nSPS) is 10.3. The van der Waals surface area contributed by atoms with Crippen LogP contribution in [0.3, 0.4) is 0 Å². The fourth-order valence-electron chi connectivity index (χ4n) is 2.23. The van der Waals surface area contributed by atoms with Gasteiger partial charge in [0.15, 0.2) is 5.76 Å². The molecule has 0 unspecified atom stereocenters. The number of hydrogen-bond donors (Lipinski definition) is 1. The molecule has 26 heavy (non-hydrogen) atoms. The maximum Gasteiger partial charge on any atom is 0.291 e. The van der Waals surface area contributed by atoms with E-state index >= 15 is 0 Å². The summed E-state index contributed by atoms with van der Waals surface area (Å²) >= 11 is 0. The quantitative estimate of drug-likeness (QED) is 0.526. The minimum absolute atomic E-state index is 0.0449. The smallest absolute Gasteiger partial charge is 0.291 e. The van der Waals surface area contributed by atoms with Gasteiger partial charge in [0, 0.05) is 17.8 Å². The van der Waals surface area contributed by atoms with Crippen LogP contribution < -0.4 is 10.1 Å². The Kier molecular flexibility index (Phi) is 4.98. The van der Waals surface area contributed by atoms with Gasteiger partial charge < -0.3 is 14.5 Å². The standard InChI is InChI=1S/C19H16N2O5/c1-13-2-8-16(9-3-13)25-12-17-10-11-18(26-17)19(22)20-14-4-6-15(7-5-14)21(23)24/h2-11H,12H2,1H3,(H,20,22). The first-order valence-electron chi connectivity index (χ1n) is 7.85. The number of anilines is 1. The molecule has 0 bridgehead atoms. The largest absolute Gasteiger partial charge is 0.486 e. The molecule has 132 valence electrons. The molecule has 1 amide bonds. The fraction of sp³-hybridized carbons (Fsp3) is 0.105. The number of ether oxygens (including phenoxy) is 1. The number of furan rings is 1. The number of carbonyl (C=O) groups excluding carboxylic acids is 1. The Hall–Kier alpha value is -3.61. The van der Waals surface area contributed by atoms with Gasteiger partial charge in [-0.25, -0.2) is 0 Å². The first-order chi connectivity index (χ1) is 12.5. The third kappa shape index (κ3) is 4.27. The van der Waals surface area contributed by atoms with E-state index in [0.29, 0.717) is 17.2 Å². The molecule has 0 aliphatic heterocycles. The predicted octanol–water partition coefficient (Wildman–Crippen LogP) is 4.33. The van der Waals surface area contributed by atoms with E-state index in [1.165, 1.54) is 24.3 Å². The molecule has 1 heterocycles. The minimum atomic E-state index is -0.502. The topological polar surface area (TPSA) is 94.6 Å². The zero-order chi connectivity index (χ0) is 18.5. The molecule has 3 rings (SSSR count). The molecule has 1 aromatic heterocycles. The number of amides is 1. The van der Waals surface area contributed by atoms with Crippen molar-refractivity contribution in [3.63, 3.8) is 0 Å². The second kappa shape index (κ2) is 7.52. The van der Waals surface area contributed by atoms with Gasteiger partial charge in [0.25, 0.3) is 11.6 Å². The van der Waals surface area contributed by atoms with Gasteiger partial charge in [-0.2, -0.15) is 0 Å². The molecular weight excluding hydrogens is 336 g/mol. The maximum absolute atomic E-state index is 12.2. The van der Waals surface area contributed by atoms with Crippen molar-refractivity contribution < 1.29 is 18.9 Å². The average molecular weight is 352 g/mol. The van der Waals surface area contributed by atoms with Gasteiger partial charge in [0.2, 0.25) is 0 Å². The first-order valence-corrected chi connectivity index (χ1v) is 7.85. The number of hydrogen-bond acceptors (Lipinski definition) is 5. The van der Waals surface area contributed by atoms with E-state index in [1.54, 1.807) is 12.1 Å². The Balaban J connectivity index is 1.58. The third-order valence-corrected chi connectivity index (χ3v) is 3.62. The Labute approximate surface area is 149 Å². The van der Waals surface area contributed by atoms with Crippen LogP contribution in [0.2, 0.25) is 0 Å². The molecule has 2 aromatic carbocycles. The molecule has 7 heteroatoms. The third-order valence-electron chi connectivity index (χ3n) is 3.62. The number of rotatable bonds is 6. The summed E-state index contributed by atoms with van der Waals surface area (Å²) < 4.78 is 11.1. The molecule has 0 aliphatic rings. The lowest BCUT2D eigenvalue weighted by Crippen LogP contribution is -2.10. The number of carbonyl (C=O) groups is 1. The molecule has 0 spiro atoms. The number of nitro benzene ring substituents is 1. The second-order valence-electron chi connectivity index (χ2n) is 5.63. The monoisotopic (exact) mass is 352 g/mol. The molecule has 7 nitrogen and oxygen atoms in total. The Morgan fingerprint density at radius 2 is 1.77 bits per heavy atom. The summed E-state index contributed by atoms with van der Waals surface area (Å²) in [5, 5.41) is 13.3. The van der Waals surface area contributed by atoms with Crippen molar-refractivity contribution in [3.05, 3.63) is 87.9 Å². The lowest BCUT2D eigenvalue weighted by molar-refractivity contribution is -0.384. The predicted molar refractivity (Wildman–Crippen MR) is 95.3 cm³/mol. The molecule has 0 radical (unpaired) electrons. The number of benzene rings is 2. The van der Waals surface area contributed by atoms with Crippen LogP contribution in [0.4, 0.5) is 11.4 Å². The van der Waals surface area contributed by atoms with Crippen molar-refractivity contribution in [2.75, 3.05) is 5.32 Å². The Morgan fingerprint density at radius 1 is 1.08 bits per heavy atom.